The minimum Gasteiger partial charge on any atom is -0.479 e. The van der Waals surface area contributed by atoms with Crippen LogP contribution in [-0.2, 0) is 0 Å². The summed E-state index contributed by atoms with van der Waals surface area (Å²) >= 11 is 0. The van der Waals surface area contributed by atoms with Crippen LogP contribution in [0, 0.1) is 18.3 Å². The first-order valence-corrected chi connectivity index (χ1v) is 6.97. The summed E-state index contributed by atoms with van der Waals surface area (Å²) < 4.78 is 16.2. The van der Waals surface area contributed by atoms with E-state index in [9.17, 15) is 4.79 Å². The predicted octanol–water partition coefficient (Wildman–Crippen LogP) is 3.80. The lowest BCUT2D eigenvalue weighted by Gasteiger charge is -2.07. The van der Waals surface area contributed by atoms with E-state index in [0.29, 0.717) is 22.5 Å². The number of nitriles is 1. The Labute approximate surface area is 132 Å². The Balaban J connectivity index is 1.94. The third-order valence-electron chi connectivity index (χ3n) is 3.27. The summed E-state index contributed by atoms with van der Waals surface area (Å²) in [6.45, 7) is 1.91. The second-order valence-corrected chi connectivity index (χ2v) is 4.95. The summed E-state index contributed by atoms with van der Waals surface area (Å²) in [6.07, 6.45) is 1.28. The van der Waals surface area contributed by atoms with Gasteiger partial charge in [-0.2, -0.15) is 5.26 Å². The maximum atomic E-state index is 12.4. The van der Waals surface area contributed by atoms with Gasteiger partial charge in [0.05, 0.1) is 5.39 Å². The number of ether oxygens (including phenoxy) is 2. The van der Waals surface area contributed by atoms with Crippen molar-refractivity contribution in [2.45, 2.75) is 6.92 Å². The van der Waals surface area contributed by atoms with E-state index in [0.717, 1.165) is 5.56 Å². The second-order valence-electron chi connectivity index (χ2n) is 4.95. The number of hydrogen-bond acceptors (Lipinski definition) is 5. The minimum absolute atomic E-state index is 0.0651. The number of fused-ring (bicyclic) bond motifs is 1. The first-order valence-electron chi connectivity index (χ1n) is 6.97. The fourth-order valence-corrected chi connectivity index (χ4v) is 2.10. The molecule has 5 heteroatoms. The average molecular weight is 307 g/mol. The fraction of sp³-hybridized carbons (Fsp3) is 0.111. The Morgan fingerprint density at radius 2 is 1.87 bits per heavy atom. The van der Waals surface area contributed by atoms with Gasteiger partial charge in [-0.1, -0.05) is 17.7 Å². The molecular formula is C18H13NO4. The van der Waals surface area contributed by atoms with Crippen LogP contribution in [0.25, 0.3) is 11.0 Å². The van der Waals surface area contributed by atoms with Crippen molar-refractivity contribution in [1.29, 1.82) is 5.26 Å². The Hall–Kier alpha value is -3.26. The summed E-state index contributed by atoms with van der Waals surface area (Å²) in [7, 11) is 0. The number of hydrogen-bond donors (Lipinski definition) is 0. The van der Waals surface area contributed by atoms with Gasteiger partial charge in [0.25, 0.3) is 0 Å². The van der Waals surface area contributed by atoms with Gasteiger partial charge < -0.3 is 13.9 Å². The van der Waals surface area contributed by atoms with E-state index >= 15 is 0 Å². The molecule has 0 fully saturated rings. The molecule has 5 nitrogen and oxygen atoms in total. The highest BCUT2D eigenvalue weighted by atomic mass is 16.5. The summed E-state index contributed by atoms with van der Waals surface area (Å²) in [5.41, 5.74) is 1.22. The molecule has 0 unspecified atom stereocenters. The van der Waals surface area contributed by atoms with Crippen LogP contribution in [0.5, 0.6) is 17.2 Å². The molecule has 3 rings (SSSR count). The molecule has 0 amide bonds. The SMILES string of the molecule is Cc1ccc(Oc2coc3cc(OCC#N)ccc3c2=O)cc1. The smallest absolute Gasteiger partial charge is 0.235 e. The number of rotatable bonds is 4. The molecule has 0 spiro atoms. The van der Waals surface area contributed by atoms with Crippen LogP contribution in [0.4, 0.5) is 0 Å². The van der Waals surface area contributed by atoms with E-state index in [1.54, 1.807) is 30.3 Å². The van der Waals surface area contributed by atoms with Gasteiger partial charge in [0.15, 0.2) is 6.61 Å². The topological polar surface area (TPSA) is 72.5 Å². The van der Waals surface area contributed by atoms with E-state index in [-0.39, 0.29) is 17.8 Å². The minimum atomic E-state index is -0.265. The largest absolute Gasteiger partial charge is 0.479 e. The van der Waals surface area contributed by atoms with Gasteiger partial charge in [0, 0.05) is 6.07 Å². The fourth-order valence-electron chi connectivity index (χ4n) is 2.10. The van der Waals surface area contributed by atoms with E-state index in [1.165, 1.54) is 6.26 Å². The van der Waals surface area contributed by atoms with E-state index in [2.05, 4.69) is 0 Å². The lowest BCUT2D eigenvalue weighted by Crippen LogP contribution is -2.05. The van der Waals surface area contributed by atoms with Crippen molar-refractivity contribution < 1.29 is 13.9 Å². The highest BCUT2D eigenvalue weighted by Gasteiger charge is 2.10. The van der Waals surface area contributed by atoms with Gasteiger partial charge in [-0.3, -0.25) is 4.79 Å². The zero-order chi connectivity index (χ0) is 16.2. The van der Waals surface area contributed by atoms with Crippen molar-refractivity contribution >= 4 is 11.0 Å². The lowest BCUT2D eigenvalue weighted by molar-refractivity contribution is 0.367. The molecule has 0 radical (unpaired) electrons. The number of nitrogens with zero attached hydrogens (tertiary/aromatic N) is 1. The molecule has 0 aliphatic heterocycles. The number of aryl methyl sites for hydroxylation is 1. The first kappa shape index (κ1) is 14.7. The van der Waals surface area contributed by atoms with Gasteiger partial charge in [0.2, 0.25) is 11.2 Å². The zero-order valence-electron chi connectivity index (χ0n) is 12.4. The normalized spacial score (nSPS) is 10.3. The monoisotopic (exact) mass is 307 g/mol. The molecule has 1 heterocycles. The van der Waals surface area contributed by atoms with Gasteiger partial charge in [-0.15, -0.1) is 0 Å². The highest BCUT2D eigenvalue weighted by molar-refractivity contribution is 5.79. The van der Waals surface area contributed by atoms with Crippen LogP contribution in [0.15, 0.2) is 57.9 Å². The Kier molecular flexibility index (Phi) is 3.98. The average Bonchev–Trinajstić information content (AvgIpc) is 2.57. The molecule has 2 aromatic carbocycles. The van der Waals surface area contributed by atoms with Crippen LogP contribution >= 0.6 is 0 Å². The molecule has 1 aromatic heterocycles. The molecule has 0 saturated heterocycles. The lowest BCUT2D eigenvalue weighted by atomic mass is 10.2. The first-order chi connectivity index (χ1) is 11.2. The van der Waals surface area contributed by atoms with Crippen LogP contribution in [0.3, 0.4) is 0 Å². The van der Waals surface area contributed by atoms with Gasteiger partial charge in [-0.05, 0) is 31.2 Å². The van der Waals surface area contributed by atoms with Crippen LogP contribution in [-0.4, -0.2) is 6.61 Å². The van der Waals surface area contributed by atoms with Crippen molar-refractivity contribution in [1.82, 2.24) is 0 Å². The molecule has 0 aliphatic carbocycles. The van der Waals surface area contributed by atoms with Crippen molar-refractivity contribution in [3.05, 3.63) is 64.5 Å². The maximum Gasteiger partial charge on any atom is 0.235 e. The van der Waals surface area contributed by atoms with Crippen LogP contribution in [0.2, 0.25) is 0 Å². The van der Waals surface area contributed by atoms with Crippen molar-refractivity contribution in [2.75, 3.05) is 6.61 Å². The van der Waals surface area contributed by atoms with Crippen molar-refractivity contribution in [2.24, 2.45) is 0 Å². The number of benzene rings is 2. The molecule has 0 saturated carbocycles. The molecule has 0 bridgehead atoms. The summed E-state index contributed by atoms with van der Waals surface area (Å²) in [5.74, 6) is 1.15. The van der Waals surface area contributed by atoms with E-state index in [1.807, 2.05) is 25.1 Å². The Morgan fingerprint density at radius 1 is 1.13 bits per heavy atom. The van der Waals surface area contributed by atoms with Crippen LogP contribution in [0.1, 0.15) is 5.56 Å². The molecule has 0 N–H and O–H groups in total. The molecule has 0 atom stereocenters. The molecule has 0 aliphatic rings. The van der Waals surface area contributed by atoms with Gasteiger partial charge in [-0.25, -0.2) is 0 Å². The summed E-state index contributed by atoms with van der Waals surface area (Å²) in [5, 5.41) is 8.90. The maximum absolute atomic E-state index is 12.4. The standard InChI is InChI=1S/C18H13NO4/c1-12-2-4-13(5-3-12)23-17-11-22-16-10-14(21-9-8-19)6-7-15(16)18(17)20/h2-7,10-11H,9H2,1H3. The predicted molar refractivity (Wildman–Crippen MR) is 84.8 cm³/mol. The quantitative estimate of drug-likeness (QED) is 0.733. The van der Waals surface area contributed by atoms with Crippen molar-refractivity contribution in [3.8, 4) is 23.3 Å². The molecule has 114 valence electrons. The summed E-state index contributed by atoms with van der Waals surface area (Å²) in [6, 6.07) is 14.0. The Bertz CT molecular complexity index is 936. The zero-order valence-corrected chi connectivity index (χ0v) is 12.4. The van der Waals surface area contributed by atoms with Gasteiger partial charge in [0.1, 0.15) is 29.4 Å². The Morgan fingerprint density at radius 3 is 2.61 bits per heavy atom. The molecular weight excluding hydrogens is 294 g/mol. The molecule has 3 aromatic rings. The summed E-state index contributed by atoms with van der Waals surface area (Å²) in [4.78, 5) is 12.4. The molecule has 23 heavy (non-hydrogen) atoms. The second kappa shape index (κ2) is 6.24. The van der Waals surface area contributed by atoms with Gasteiger partial charge >= 0.3 is 0 Å². The van der Waals surface area contributed by atoms with E-state index in [4.69, 9.17) is 19.2 Å². The van der Waals surface area contributed by atoms with E-state index < -0.39 is 0 Å². The third-order valence-corrected chi connectivity index (χ3v) is 3.27. The third kappa shape index (κ3) is 3.16. The van der Waals surface area contributed by atoms with Crippen molar-refractivity contribution in [3.63, 3.8) is 0 Å². The highest BCUT2D eigenvalue weighted by Crippen LogP contribution is 2.24. The van der Waals surface area contributed by atoms with Crippen LogP contribution < -0.4 is 14.9 Å².